The fourth-order valence-electron chi connectivity index (χ4n) is 1.82. The van der Waals surface area contributed by atoms with Crippen molar-refractivity contribution in [3.63, 3.8) is 0 Å². The Kier molecular flexibility index (Phi) is 18.4. The zero-order chi connectivity index (χ0) is 23.5. The van der Waals surface area contributed by atoms with Crippen molar-refractivity contribution in [2.24, 2.45) is 5.84 Å². The molecule has 30 heavy (non-hydrogen) atoms. The Morgan fingerprint density at radius 2 is 1.90 bits per heavy atom. The number of allylic oxidation sites excluding steroid dienone is 6. The fourth-order valence-corrected chi connectivity index (χ4v) is 1.99. The van der Waals surface area contributed by atoms with Crippen molar-refractivity contribution >= 4 is 17.5 Å². The van der Waals surface area contributed by atoms with Crippen LogP contribution in [0.1, 0.15) is 46.1 Å². The second-order valence-electron chi connectivity index (χ2n) is 5.63. The van der Waals surface area contributed by atoms with Gasteiger partial charge in [-0.25, -0.2) is 14.6 Å². The molecule has 0 fully saturated rings. The second kappa shape index (κ2) is 18.6. The predicted molar refractivity (Wildman–Crippen MR) is 124 cm³/mol. The van der Waals surface area contributed by atoms with Gasteiger partial charge >= 0.3 is 0 Å². The van der Waals surface area contributed by atoms with Crippen molar-refractivity contribution in [3.05, 3.63) is 83.6 Å². The summed E-state index contributed by atoms with van der Waals surface area (Å²) in [6.45, 7) is 15.0. The van der Waals surface area contributed by atoms with Gasteiger partial charge in [-0.3, -0.25) is 4.79 Å². The third-order valence-electron chi connectivity index (χ3n) is 3.44. The first-order chi connectivity index (χ1) is 14.3. The smallest absolute Gasteiger partial charge is 0.241 e. The summed E-state index contributed by atoms with van der Waals surface area (Å²) < 4.78 is 25.9. The molecule has 0 aromatic heterocycles. The summed E-state index contributed by atoms with van der Waals surface area (Å²) in [6, 6.07) is 6.31. The Hall–Kier alpha value is -2.44. The van der Waals surface area contributed by atoms with Crippen LogP contribution in [0.2, 0.25) is 0 Å². The van der Waals surface area contributed by atoms with E-state index in [0.29, 0.717) is 24.1 Å². The molecule has 0 radical (unpaired) electrons. The van der Waals surface area contributed by atoms with Crippen LogP contribution in [0.15, 0.2) is 72.2 Å². The molecule has 4 nitrogen and oxygen atoms in total. The summed E-state index contributed by atoms with van der Waals surface area (Å²) in [4.78, 5) is 11.6. The largest absolute Gasteiger partial charge is 0.350 e. The second-order valence-corrected chi connectivity index (χ2v) is 6.03. The lowest BCUT2D eigenvalue weighted by atomic mass is 10.2. The van der Waals surface area contributed by atoms with Crippen molar-refractivity contribution < 1.29 is 13.6 Å². The molecule has 3 N–H and O–H groups in total. The number of hydrogen-bond acceptors (Lipinski definition) is 3. The molecule has 1 aromatic rings. The molecule has 1 amide bonds. The molecule has 0 saturated heterocycles. The summed E-state index contributed by atoms with van der Waals surface area (Å²) in [5.74, 6) is 4.64. The molecule has 0 aliphatic rings. The van der Waals surface area contributed by atoms with E-state index in [2.05, 4.69) is 18.5 Å². The molecule has 1 aromatic carbocycles. The topological polar surface area (TPSA) is 58.4 Å². The molecule has 0 aliphatic heterocycles. The van der Waals surface area contributed by atoms with Gasteiger partial charge in [-0.15, -0.1) is 0 Å². The highest BCUT2D eigenvalue weighted by molar-refractivity contribution is 6.31. The van der Waals surface area contributed by atoms with Gasteiger partial charge in [0, 0.05) is 17.8 Å². The van der Waals surface area contributed by atoms with E-state index in [1.165, 1.54) is 29.3 Å². The molecule has 0 atom stereocenters. The number of rotatable bonds is 9. The van der Waals surface area contributed by atoms with E-state index >= 15 is 0 Å². The van der Waals surface area contributed by atoms with Gasteiger partial charge in [0.05, 0.1) is 5.03 Å². The van der Waals surface area contributed by atoms with Crippen LogP contribution >= 0.6 is 11.6 Å². The zero-order valence-corrected chi connectivity index (χ0v) is 19.1. The molecule has 0 spiro atoms. The summed E-state index contributed by atoms with van der Waals surface area (Å²) in [6.07, 6.45) is 5.61. The molecule has 0 aliphatic carbocycles. The molecule has 7 heteroatoms. The van der Waals surface area contributed by atoms with Gasteiger partial charge in [-0.1, -0.05) is 76.7 Å². The average molecular weight is 442 g/mol. The van der Waals surface area contributed by atoms with E-state index < -0.39 is 0 Å². The normalized spacial score (nSPS) is 10.7. The number of nitrogens with two attached hydrogens (primary N) is 1. The SMILES string of the molecule is C=C(CC)N(N)CC(=O)NCc1ccccc1F.C=C/C=C(Cl)\C(F)=C/CC.CC. The van der Waals surface area contributed by atoms with Crippen LogP contribution in [0.3, 0.4) is 0 Å². The van der Waals surface area contributed by atoms with Crippen LogP contribution in [0.25, 0.3) is 0 Å². The van der Waals surface area contributed by atoms with Gasteiger partial charge in [-0.2, -0.15) is 0 Å². The zero-order valence-electron chi connectivity index (χ0n) is 18.4. The van der Waals surface area contributed by atoms with Gasteiger partial charge in [-0.05, 0) is 31.1 Å². The lowest BCUT2D eigenvalue weighted by molar-refractivity contribution is -0.122. The maximum absolute atomic E-state index is 13.3. The van der Waals surface area contributed by atoms with Gasteiger partial charge in [0.25, 0.3) is 0 Å². The number of nitrogens with zero attached hydrogens (tertiary/aromatic N) is 1. The van der Waals surface area contributed by atoms with Crippen LogP contribution in [-0.2, 0) is 11.3 Å². The number of hydrazine groups is 1. The monoisotopic (exact) mass is 441 g/mol. The first kappa shape index (κ1) is 29.8. The standard InChI is InChI=1S/C13H18FN3O.C8H10ClF.C2H6/c1-3-10(2)17(15)9-13(18)16-8-11-6-4-5-7-12(11)14;1-3-5-7(9)8(10)6-4-2;1-2/h4-7H,2-3,8-9,15H2,1H3,(H,16,18);3,5-6H,1,4H2,2H3;1-2H3/b;7-5+,8-6+;. The van der Waals surface area contributed by atoms with E-state index in [-0.39, 0.29) is 35.7 Å². The number of carbonyl (C=O) groups excluding carboxylic acids is 1. The number of halogens is 3. The Morgan fingerprint density at radius 3 is 2.40 bits per heavy atom. The molecular weight excluding hydrogens is 408 g/mol. The van der Waals surface area contributed by atoms with Gasteiger partial charge < -0.3 is 10.3 Å². The molecule has 0 bridgehead atoms. The van der Waals surface area contributed by atoms with Gasteiger partial charge in [0.1, 0.15) is 18.2 Å². The van der Waals surface area contributed by atoms with Crippen molar-refractivity contribution in [2.45, 2.75) is 47.1 Å². The molecule has 0 saturated carbocycles. The molecule has 1 rings (SSSR count). The predicted octanol–water partition coefficient (Wildman–Crippen LogP) is 6.13. The first-order valence-corrected chi connectivity index (χ1v) is 10.2. The number of nitrogens with one attached hydrogen (secondary N) is 1. The van der Waals surface area contributed by atoms with E-state index in [1.807, 2.05) is 27.7 Å². The lowest BCUT2D eigenvalue weighted by Crippen LogP contribution is -2.40. The minimum Gasteiger partial charge on any atom is -0.350 e. The van der Waals surface area contributed by atoms with Crippen molar-refractivity contribution in [3.8, 4) is 0 Å². The Balaban J connectivity index is 0. The Bertz CT molecular complexity index is 718. The number of hydrogen-bond donors (Lipinski definition) is 2. The van der Waals surface area contributed by atoms with Crippen LogP contribution in [-0.4, -0.2) is 17.5 Å². The Morgan fingerprint density at radius 1 is 1.30 bits per heavy atom. The van der Waals surface area contributed by atoms with E-state index in [0.717, 1.165) is 0 Å². The summed E-state index contributed by atoms with van der Waals surface area (Å²) in [5.41, 5.74) is 1.12. The molecule has 0 heterocycles. The van der Waals surface area contributed by atoms with Crippen LogP contribution in [0.4, 0.5) is 8.78 Å². The minimum atomic E-state index is -0.385. The molecule has 168 valence electrons. The first-order valence-electron chi connectivity index (χ1n) is 9.81. The minimum absolute atomic E-state index is 0.0150. The van der Waals surface area contributed by atoms with Crippen LogP contribution in [0.5, 0.6) is 0 Å². The number of amides is 1. The van der Waals surface area contributed by atoms with E-state index in [4.69, 9.17) is 17.4 Å². The quantitative estimate of drug-likeness (QED) is 0.275. The summed E-state index contributed by atoms with van der Waals surface area (Å²) in [7, 11) is 0. The highest BCUT2D eigenvalue weighted by Crippen LogP contribution is 2.16. The third-order valence-corrected chi connectivity index (χ3v) is 3.74. The average Bonchev–Trinajstić information content (AvgIpc) is 2.74. The highest BCUT2D eigenvalue weighted by Gasteiger charge is 2.08. The number of carbonyl (C=O) groups is 1. The van der Waals surface area contributed by atoms with Crippen molar-refractivity contribution in [1.29, 1.82) is 0 Å². The summed E-state index contributed by atoms with van der Waals surface area (Å²) in [5, 5.41) is 4.00. The number of benzene rings is 1. The fraction of sp³-hybridized carbons (Fsp3) is 0.348. The maximum atomic E-state index is 13.3. The van der Waals surface area contributed by atoms with Crippen molar-refractivity contribution in [2.75, 3.05) is 6.54 Å². The van der Waals surface area contributed by atoms with E-state index in [1.54, 1.807) is 18.2 Å². The van der Waals surface area contributed by atoms with Crippen LogP contribution in [0, 0.1) is 5.82 Å². The maximum Gasteiger partial charge on any atom is 0.241 e. The van der Waals surface area contributed by atoms with Crippen LogP contribution < -0.4 is 11.2 Å². The van der Waals surface area contributed by atoms with E-state index in [9.17, 15) is 13.6 Å². The molecular formula is C23H34ClF2N3O. The van der Waals surface area contributed by atoms with Gasteiger partial charge in [0.15, 0.2) is 0 Å². The molecule has 0 unspecified atom stereocenters. The third kappa shape index (κ3) is 13.7. The van der Waals surface area contributed by atoms with Gasteiger partial charge in [0.2, 0.25) is 5.91 Å². The lowest BCUT2D eigenvalue weighted by Gasteiger charge is -2.19. The van der Waals surface area contributed by atoms with Crippen molar-refractivity contribution in [1.82, 2.24) is 10.3 Å². The summed E-state index contributed by atoms with van der Waals surface area (Å²) >= 11 is 5.46. The Labute approximate surface area is 184 Å². The highest BCUT2D eigenvalue weighted by atomic mass is 35.5.